The molecule has 3 heterocycles. The molecule has 0 saturated heterocycles. The van der Waals surface area contributed by atoms with Gasteiger partial charge >= 0.3 is 5.69 Å². The number of nitrogens with zero attached hydrogens (tertiary/aromatic N) is 2. The number of imidazole rings is 1. The van der Waals surface area contributed by atoms with Crippen molar-refractivity contribution in [3.05, 3.63) is 51.4 Å². The Morgan fingerprint density at radius 2 is 2.38 bits per heavy atom. The Labute approximate surface area is 156 Å². The highest BCUT2D eigenvalue weighted by molar-refractivity contribution is 7.03. The smallest absolute Gasteiger partial charge is 0.326 e. The third kappa shape index (κ3) is 3.22. The van der Waals surface area contributed by atoms with Crippen molar-refractivity contribution in [3.8, 4) is 0 Å². The minimum atomic E-state index is -0.625. The van der Waals surface area contributed by atoms with Crippen molar-refractivity contribution < 1.29 is 5.11 Å². The average Bonchev–Trinajstić information content (AvgIpc) is 3.24. The van der Waals surface area contributed by atoms with E-state index >= 15 is 0 Å². The molecule has 0 fully saturated rings. The van der Waals surface area contributed by atoms with Gasteiger partial charge in [0.2, 0.25) is 0 Å². The first-order valence-corrected chi connectivity index (χ1v) is 10.0. The summed E-state index contributed by atoms with van der Waals surface area (Å²) in [4.78, 5) is 15.1. The topological polar surface area (TPSA) is 82.9 Å². The van der Waals surface area contributed by atoms with Crippen molar-refractivity contribution in [2.24, 2.45) is 0 Å². The summed E-state index contributed by atoms with van der Waals surface area (Å²) in [7, 11) is 0. The molecule has 6 nitrogen and oxygen atoms in total. The van der Waals surface area contributed by atoms with Gasteiger partial charge in [-0.15, -0.1) is 0 Å². The third-order valence-electron chi connectivity index (χ3n) is 5.39. The Hall–Kier alpha value is -1.96. The minimum Gasteiger partial charge on any atom is -0.387 e. The van der Waals surface area contributed by atoms with Crippen LogP contribution in [-0.2, 0) is 13.0 Å². The van der Waals surface area contributed by atoms with Gasteiger partial charge < -0.3 is 15.4 Å². The van der Waals surface area contributed by atoms with Crippen LogP contribution in [0.25, 0.3) is 11.0 Å². The lowest BCUT2D eigenvalue weighted by Gasteiger charge is -2.28. The molecular weight excluding hydrogens is 348 g/mol. The van der Waals surface area contributed by atoms with Crippen molar-refractivity contribution in [1.29, 1.82) is 0 Å². The molecule has 3 aromatic rings. The zero-order valence-corrected chi connectivity index (χ0v) is 15.6. The predicted octanol–water partition coefficient (Wildman–Crippen LogP) is 2.59. The first kappa shape index (κ1) is 17.5. The summed E-state index contributed by atoms with van der Waals surface area (Å²) in [5.74, 6) is 0. The number of aromatic nitrogens is 3. The van der Waals surface area contributed by atoms with Gasteiger partial charge in [0, 0.05) is 35.8 Å². The summed E-state index contributed by atoms with van der Waals surface area (Å²) in [6.45, 7) is 2.77. The first-order valence-electron chi connectivity index (χ1n) is 9.21. The lowest BCUT2D eigenvalue weighted by molar-refractivity contribution is 0.117. The van der Waals surface area contributed by atoms with E-state index in [4.69, 9.17) is 0 Å². The predicted molar refractivity (Wildman–Crippen MR) is 104 cm³/mol. The van der Waals surface area contributed by atoms with E-state index in [-0.39, 0.29) is 11.7 Å². The zero-order valence-electron chi connectivity index (χ0n) is 14.8. The standard InChI is InChI=1S/C19H24N4O2S/c1-2-13(7-6-12-10-20-26-11-12)21-16-8-9-23-17-14(18(16)24)4-3-5-15(17)22-19(23)25/h3-5,10-11,13,16,18,21,24H,2,6-9H2,1H3,(H,22,25)/t13?,16-,18-/m1/s1. The van der Waals surface area contributed by atoms with Gasteiger partial charge in [0.1, 0.15) is 0 Å². The molecular formula is C19H24N4O2S. The van der Waals surface area contributed by atoms with Gasteiger partial charge in [-0.1, -0.05) is 19.1 Å². The van der Waals surface area contributed by atoms with E-state index in [1.807, 2.05) is 24.4 Å². The molecule has 3 N–H and O–H groups in total. The number of para-hydroxylation sites is 1. The fourth-order valence-electron chi connectivity index (χ4n) is 3.92. The van der Waals surface area contributed by atoms with E-state index in [0.717, 1.165) is 42.3 Å². The van der Waals surface area contributed by atoms with Crippen LogP contribution in [-0.4, -0.2) is 31.1 Å². The van der Waals surface area contributed by atoms with Gasteiger partial charge in [-0.25, -0.2) is 9.17 Å². The van der Waals surface area contributed by atoms with Crippen LogP contribution in [0.3, 0.4) is 0 Å². The number of H-pyrrole nitrogens is 1. The van der Waals surface area contributed by atoms with Crippen molar-refractivity contribution in [2.75, 3.05) is 0 Å². The first-order chi connectivity index (χ1) is 12.7. The minimum absolute atomic E-state index is 0.0644. The normalized spacial score (nSPS) is 21.0. The molecule has 26 heavy (non-hydrogen) atoms. The summed E-state index contributed by atoms with van der Waals surface area (Å²) in [6.07, 6.45) is 5.02. The van der Waals surface area contributed by atoms with Crippen LogP contribution in [0.15, 0.2) is 34.6 Å². The Morgan fingerprint density at radius 3 is 3.15 bits per heavy atom. The molecule has 1 unspecified atom stereocenters. The SMILES string of the molecule is CCC(CCc1cnsc1)N[C@@H]1CCn2c(=O)[nH]c3cccc(c32)[C@H]1O. The highest BCUT2D eigenvalue weighted by Gasteiger charge is 2.29. The molecule has 1 aliphatic heterocycles. The van der Waals surface area contributed by atoms with Crippen LogP contribution in [0.2, 0.25) is 0 Å². The van der Waals surface area contributed by atoms with Crippen LogP contribution < -0.4 is 11.0 Å². The maximum atomic E-state index is 12.2. The third-order valence-corrected chi connectivity index (χ3v) is 6.03. The van der Waals surface area contributed by atoms with E-state index in [1.165, 1.54) is 17.1 Å². The van der Waals surface area contributed by atoms with E-state index in [2.05, 4.69) is 27.0 Å². The van der Waals surface area contributed by atoms with Crippen LogP contribution in [0, 0.1) is 0 Å². The van der Waals surface area contributed by atoms with E-state index in [0.29, 0.717) is 12.6 Å². The highest BCUT2D eigenvalue weighted by atomic mass is 32.1. The molecule has 0 bridgehead atoms. The van der Waals surface area contributed by atoms with E-state index in [9.17, 15) is 9.90 Å². The summed E-state index contributed by atoms with van der Waals surface area (Å²) in [6, 6.07) is 5.97. The maximum absolute atomic E-state index is 12.2. The molecule has 1 aliphatic rings. The molecule has 0 aliphatic carbocycles. The Balaban J connectivity index is 1.53. The molecule has 2 aromatic heterocycles. The number of rotatable bonds is 6. The van der Waals surface area contributed by atoms with Crippen LogP contribution in [0.5, 0.6) is 0 Å². The number of nitrogens with one attached hydrogen (secondary N) is 2. The van der Waals surface area contributed by atoms with Gasteiger partial charge in [0.15, 0.2) is 0 Å². The average molecular weight is 372 g/mol. The van der Waals surface area contributed by atoms with Gasteiger partial charge in [-0.05, 0) is 48.8 Å². The Bertz CT molecular complexity index is 931. The summed E-state index contributed by atoms with van der Waals surface area (Å²) < 4.78 is 5.92. The van der Waals surface area contributed by atoms with E-state index < -0.39 is 6.10 Å². The number of hydrogen-bond donors (Lipinski definition) is 3. The van der Waals surface area contributed by atoms with Gasteiger partial charge in [0.05, 0.1) is 17.1 Å². The molecule has 0 saturated carbocycles. The largest absolute Gasteiger partial charge is 0.387 e. The van der Waals surface area contributed by atoms with Crippen LogP contribution in [0.1, 0.15) is 43.4 Å². The Kier molecular flexibility index (Phi) is 4.93. The Morgan fingerprint density at radius 1 is 1.50 bits per heavy atom. The van der Waals surface area contributed by atoms with Crippen molar-refractivity contribution in [2.45, 2.75) is 57.3 Å². The fourth-order valence-corrected chi connectivity index (χ4v) is 4.49. The van der Waals surface area contributed by atoms with Crippen molar-refractivity contribution in [1.82, 2.24) is 19.2 Å². The monoisotopic (exact) mass is 372 g/mol. The number of aryl methyl sites for hydroxylation is 2. The number of benzene rings is 1. The molecule has 7 heteroatoms. The lowest BCUT2D eigenvalue weighted by atomic mass is 9.97. The van der Waals surface area contributed by atoms with Crippen molar-refractivity contribution >= 4 is 22.6 Å². The summed E-state index contributed by atoms with van der Waals surface area (Å²) in [5, 5.41) is 16.8. The molecule has 0 amide bonds. The van der Waals surface area contributed by atoms with Gasteiger partial charge in [-0.3, -0.25) is 4.57 Å². The molecule has 1 aromatic carbocycles. The maximum Gasteiger partial charge on any atom is 0.326 e. The fraction of sp³-hybridized carbons (Fsp3) is 0.474. The van der Waals surface area contributed by atoms with Crippen molar-refractivity contribution in [3.63, 3.8) is 0 Å². The lowest BCUT2D eigenvalue weighted by Crippen LogP contribution is -2.42. The number of hydrogen-bond acceptors (Lipinski definition) is 5. The number of aromatic amines is 1. The second-order valence-corrected chi connectivity index (χ2v) is 7.67. The molecule has 4 rings (SSSR count). The number of aliphatic hydroxyl groups is 1. The van der Waals surface area contributed by atoms with Crippen LogP contribution >= 0.6 is 11.5 Å². The molecule has 0 radical (unpaired) electrons. The van der Waals surface area contributed by atoms with Crippen LogP contribution in [0.4, 0.5) is 0 Å². The molecule has 0 spiro atoms. The summed E-state index contributed by atoms with van der Waals surface area (Å²) >= 11 is 1.48. The second-order valence-electron chi connectivity index (χ2n) is 7.01. The van der Waals surface area contributed by atoms with Gasteiger partial charge in [0.25, 0.3) is 0 Å². The van der Waals surface area contributed by atoms with E-state index in [1.54, 1.807) is 4.57 Å². The number of aliphatic hydroxyl groups excluding tert-OH is 1. The molecule has 3 atom stereocenters. The molecule has 138 valence electrons. The quantitative estimate of drug-likeness (QED) is 0.621. The van der Waals surface area contributed by atoms with Gasteiger partial charge in [-0.2, -0.15) is 0 Å². The summed E-state index contributed by atoms with van der Waals surface area (Å²) in [5.41, 5.74) is 3.63. The highest BCUT2D eigenvalue weighted by Crippen LogP contribution is 2.30. The zero-order chi connectivity index (χ0) is 18.1. The second kappa shape index (κ2) is 7.34.